The molecule has 0 amide bonds. The fourth-order valence-electron chi connectivity index (χ4n) is 0.807. The minimum Gasteiger partial charge on any atom is -1.00 e. The molecule has 68 valence electrons. The van der Waals surface area contributed by atoms with Gasteiger partial charge in [0.2, 0.25) is 0 Å². The predicted molar refractivity (Wildman–Crippen MR) is 54.6 cm³/mol. The Morgan fingerprint density at radius 3 is 2.54 bits per heavy atom. The van der Waals surface area contributed by atoms with E-state index >= 15 is 0 Å². The molecule has 0 aliphatic carbocycles. The fraction of sp³-hybridized carbons (Fsp3) is 0.143. The average molecular weight is 338 g/mol. The summed E-state index contributed by atoms with van der Waals surface area (Å²) in [6.45, 7) is 1.83. The van der Waals surface area contributed by atoms with Gasteiger partial charge in [0.1, 0.15) is 23.0 Å². The molecule has 0 N–H and O–H groups in total. The van der Waals surface area contributed by atoms with Crippen LogP contribution in [0, 0.1) is 6.92 Å². The third-order valence-corrected chi connectivity index (χ3v) is 3.78. The second-order valence-electron chi connectivity index (χ2n) is 2.33. The van der Waals surface area contributed by atoms with Crippen LogP contribution in [0.3, 0.4) is 0 Å². The number of hydrogen-bond donors (Lipinski definition) is 0. The van der Waals surface area contributed by atoms with Gasteiger partial charge in [0.05, 0.1) is 4.90 Å². The Morgan fingerprint density at radius 2 is 2.08 bits per heavy atom. The summed E-state index contributed by atoms with van der Waals surface area (Å²) >= 11 is 1.36. The van der Waals surface area contributed by atoms with Gasteiger partial charge in [0, 0.05) is 0 Å². The average Bonchev–Trinajstić information content (AvgIpc) is 2.05. The van der Waals surface area contributed by atoms with Gasteiger partial charge in [-0.25, -0.2) is 0 Å². The minimum absolute atomic E-state index is 0. The molecule has 0 radical (unpaired) electrons. The van der Waals surface area contributed by atoms with Gasteiger partial charge in [-0.3, -0.25) is 0 Å². The van der Waals surface area contributed by atoms with Crippen LogP contribution in [0.15, 0.2) is 29.2 Å². The van der Waals surface area contributed by atoms with Crippen molar-refractivity contribution in [3.05, 3.63) is 29.8 Å². The maximum Gasteiger partial charge on any atom is 1.00 e. The Balaban J connectivity index is 0. The Morgan fingerprint density at radius 1 is 1.46 bits per heavy atom. The van der Waals surface area contributed by atoms with Crippen molar-refractivity contribution in [2.45, 2.75) is 11.8 Å². The second-order valence-corrected chi connectivity index (χ2v) is 4.92. The summed E-state index contributed by atoms with van der Waals surface area (Å²) in [5, 5.41) is 0. The molecule has 13 heavy (non-hydrogen) atoms. The van der Waals surface area contributed by atoms with E-state index in [1.54, 1.807) is 12.1 Å². The van der Waals surface area contributed by atoms with E-state index in [4.69, 9.17) is 0 Å². The molecule has 0 saturated heterocycles. The van der Waals surface area contributed by atoms with Crippen LogP contribution in [0.2, 0.25) is 0 Å². The summed E-state index contributed by atoms with van der Waals surface area (Å²) in [7, 11) is -3.53. The molecule has 0 fully saturated rings. The van der Waals surface area contributed by atoms with Crippen LogP contribution >= 0.6 is 23.0 Å². The zero-order valence-corrected chi connectivity index (χ0v) is 13.4. The van der Waals surface area contributed by atoms with Gasteiger partial charge in [0.15, 0.2) is 0 Å². The van der Waals surface area contributed by atoms with E-state index in [1.165, 1.54) is 29.1 Å². The van der Waals surface area contributed by atoms with Crippen molar-refractivity contribution in [1.82, 2.24) is 0 Å². The third-order valence-electron chi connectivity index (χ3n) is 1.36. The Labute approximate surface area is 136 Å². The summed E-state index contributed by atoms with van der Waals surface area (Å²) in [5.74, 6) is 0. The number of aryl methyl sites for hydroxylation is 1. The van der Waals surface area contributed by atoms with Crippen LogP contribution in [-0.4, -0.2) is 8.42 Å². The molecule has 0 spiro atoms. The maximum absolute atomic E-state index is 11.1. The van der Waals surface area contributed by atoms with E-state index < -0.39 is 10.1 Å². The monoisotopic (exact) mass is 338 g/mol. The number of hydrogen-bond acceptors (Lipinski definition) is 3. The molecule has 0 bridgehead atoms. The molecule has 0 saturated carbocycles. The van der Waals surface area contributed by atoms with E-state index in [1.807, 2.05) is 13.0 Å². The topological polar surface area (TPSA) is 43.4 Å². The predicted octanol–water partition coefficient (Wildman–Crippen LogP) is -0.833. The van der Waals surface area contributed by atoms with Crippen molar-refractivity contribution in [3.8, 4) is 0 Å². The summed E-state index contributed by atoms with van der Waals surface area (Å²) in [6, 6.07) is 6.57. The SMILES string of the molecule is Cc1cccc(S(=O)(=O)OI)c1.[H-].[K+]. The van der Waals surface area contributed by atoms with Crippen LogP contribution in [0.25, 0.3) is 0 Å². The molecular weight excluding hydrogens is 330 g/mol. The van der Waals surface area contributed by atoms with Gasteiger partial charge < -0.3 is 1.43 Å². The van der Waals surface area contributed by atoms with Gasteiger partial charge >= 0.3 is 61.5 Å². The number of halogens is 1. The van der Waals surface area contributed by atoms with Crippen LogP contribution in [0.1, 0.15) is 6.99 Å². The Bertz CT molecular complexity index is 382. The van der Waals surface area contributed by atoms with Crippen molar-refractivity contribution < 1.29 is 63.7 Å². The zero-order chi connectivity index (χ0) is 9.19. The summed E-state index contributed by atoms with van der Waals surface area (Å²) in [4.78, 5) is 0.192. The number of rotatable bonds is 2. The van der Waals surface area contributed by atoms with Gasteiger partial charge in [-0.15, -0.1) is 0 Å². The first-order valence-corrected chi connectivity index (χ1v) is 5.47. The third kappa shape index (κ3) is 4.25. The first-order valence-electron chi connectivity index (χ1n) is 3.18. The Hall–Kier alpha value is 1.50. The molecule has 6 heteroatoms. The summed E-state index contributed by atoms with van der Waals surface area (Å²) in [6.07, 6.45) is 0. The van der Waals surface area contributed by atoms with Crippen LogP contribution in [0.4, 0.5) is 0 Å². The van der Waals surface area contributed by atoms with Crippen molar-refractivity contribution in [1.29, 1.82) is 0 Å². The van der Waals surface area contributed by atoms with Crippen LogP contribution in [0.5, 0.6) is 0 Å². The van der Waals surface area contributed by atoms with Gasteiger partial charge in [-0.2, -0.15) is 10.9 Å². The fourth-order valence-corrected chi connectivity index (χ4v) is 2.08. The van der Waals surface area contributed by atoms with Gasteiger partial charge in [-0.1, -0.05) is 12.1 Å². The molecule has 0 aliphatic rings. The molecule has 0 heterocycles. The largest absolute Gasteiger partial charge is 1.00 e. The molecule has 0 aromatic heterocycles. The first kappa shape index (κ1) is 14.5. The van der Waals surface area contributed by atoms with E-state index in [2.05, 4.69) is 2.51 Å². The van der Waals surface area contributed by atoms with E-state index in [-0.39, 0.29) is 57.7 Å². The van der Waals surface area contributed by atoms with Crippen molar-refractivity contribution in [2.24, 2.45) is 0 Å². The molecule has 1 aromatic rings. The van der Waals surface area contributed by atoms with Crippen molar-refractivity contribution in [2.75, 3.05) is 0 Å². The van der Waals surface area contributed by atoms with Crippen molar-refractivity contribution >= 4 is 33.1 Å². The molecule has 3 nitrogen and oxygen atoms in total. The van der Waals surface area contributed by atoms with E-state index in [0.717, 1.165) is 5.56 Å². The molecule has 0 aliphatic heterocycles. The molecule has 0 atom stereocenters. The molecular formula is C7H8IKO3S. The van der Waals surface area contributed by atoms with Gasteiger partial charge in [0.25, 0.3) is 0 Å². The standard InChI is InChI=1S/C7H7IO3S.K.H/c1-6-3-2-4-7(5-6)12(9,10)11-8;;/h2-5H,1H3;;/q;+1;-1. The zero-order valence-electron chi connectivity index (χ0n) is 8.32. The Kier molecular flexibility index (Phi) is 6.87. The molecule has 1 rings (SSSR count). The summed E-state index contributed by atoms with van der Waals surface area (Å²) < 4.78 is 26.6. The van der Waals surface area contributed by atoms with Crippen LogP contribution in [-0.2, 0) is 12.6 Å². The van der Waals surface area contributed by atoms with Crippen molar-refractivity contribution in [3.63, 3.8) is 0 Å². The quantitative estimate of drug-likeness (QED) is 0.522. The normalized spacial score (nSPS) is 10.6. The number of benzene rings is 1. The minimum atomic E-state index is -3.53. The van der Waals surface area contributed by atoms with E-state index in [0.29, 0.717) is 0 Å². The smallest absolute Gasteiger partial charge is 1.00 e. The summed E-state index contributed by atoms with van der Waals surface area (Å²) in [5.41, 5.74) is 0.893. The second kappa shape index (κ2) is 6.16. The van der Waals surface area contributed by atoms with E-state index in [9.17, 15) is 8.42 Å². The first-order chi connectivity index (χ1) is 5.56. The van der Waals surface area contributed by atoms with Gasteiger partial charge in [-0.05, 0) is 24.6 Å². The van der Waals surface area contributed by atoms with Crippen LogP contribution < -0.4 is 51.4 Å². The molecule has 1 aromatic carbocycles. The maximum atomic E-state index is 11.1. The molecule has 0 unspecified atom stereocenters.